The van der Waals surface area contributed by atoms with Crippen LogP contribution in [0.15, 0.2) is 9.85 Å². The first-order valence-corrected chi connectivity index (χ1v) is 8.62. The topological polar surface area (TPSA) is 59.8 Å². The van der Waals surface area contributed by atoms with Crippen LogP contribution in [-0.2, 0) is 17.9 Å². The standard InChI is InChI=1S/C14H17BrN4OS/c1-8-13(15)9(2)19(18-8)6-12(20)16-5-11-7-21-14(17-11)10-3-4-10/h7,10H,3-6H2,1-2H3,(H,16,20). The molecule has 0 radical (unpaired) electrons. The minimum atomic E-state index is -0.0472. The molecule has 0 aromatic carbocycles. The maximum absolute atomic E-state index is 12.0. The van der Waals surface area contributed by atoms with E-state index in [9.17, 15) is 4.79 Å². The third-order valence-electron chi connectivity index (χ3n) is 3.55. The summed E-state index contributed by atoms with van der Waals surface area (Å²) >= 11 is 5.16. The number of amides is 1. The largest absolute Gasteiger partial charge is 0.349 e. The molecule has 5 nitrogen and oxygen atoms in total. The third-order valence-corrected chi connectivity index (χ3v) is 5.75. The van der Waals surface area contributed by atoms with E-state index in [1.165, 1.54) is 17.8 Å². The molecule has 0 spiro atoms. The van der Waals surface area contributed by atoms with Crippen molar-refractivity contribution in [3.8, 4) is 0 Å². The Kier molecular flexibility index (Phi) is 4.12. The van der Waals surface area contributed by atoms with Crippen molar-refractivity contribution >= 4 is 33.2 Å². The lowest BCUT2D eigenvalue weighted by molar-refractivity contribution is -0.122. The second kappa shape index (κ2) is 5.88. The zero-order chi connectivity index (χ0) is 15.0. The highest BCUT2D eigenvalue weighted by Gasteiger charge is 2.26. The molecule has 1 amide bonds. The molecule has 1 aliphatic carbocycles. The molecule has 0 aliphatic heterocycles. The fraction of sp³-hybridized carbons (Fsp3) is 0.500. The van der Waals surface area contributed by atoms with E-state index in [0.29, 0.717) is 12.5 Å². The van der Waals surface area contributed by atoms with Crippen molar-refractivity contribution in [3.05, 3.63) is 31.9 Å². The van der Waals surface area contributed by atoms with Crippen molar-refractivity contribution in [2.24, 2.45) is 0 Å². The minimum Gasteiger partial charge on any atom is -0.349 e. The fourth-order valence-corrected chi connectivity index (χ4v) is 3.41. The van der Waals surface area contributed by atoms with Crippen molar-refractivity contribution in [2.75, 3.05) is 0 Å². The van der Waals surface area contributed by atoms with E-state index in [-0.39, 0.29) is 12.5 Å². The van der Waals surface area contributed by atoms with Gasteiger partial charge in [-0.25, -0.2) is 4.98 Å². The highest BCUT2D eigenvalue weighted by molar-refractivity contribution is 9.10. The Balaban J connectivity index is 1.54. The van der Waals surface area contributed by atoms with E-state index in [0.717, 1.165) is 21.6 Å². The number of aryl methyl sites for hydroxylation is 1. The van der Waals surface area contributed by atoms with Crippen LogP contribution in [0.2, 0.25) is 0 Å². The average Bonchev–Trinajstić information content (AvgIpc) is 3.16. The van der Waals surface area contributed by atoms with Gasteiger partial charge in [-0.05, 0) is 42.6 Å². The van der Waals surface area contributed by atoms with Gasteiger partial charge in [0.15, 0.2) is 0 Å². The van der Waals surface area contributed by atoms with Crippen molar-refractivity contribution in [1.82, 2.24) is 20.1 Å². The number of thiazole rings is 1. The zero-order valence-electron chi connectivity index (χ0n) is 12.0. The normalized spacial score (nSPS) is 14.4. The third kappa shape index (κ3) is 3.35. The van der Waals surface area contributed by atoms with Crippen LogP contribution in [0.4, 0.5) is 0 Å². The number of carbonyl (C=O) groups is 1. The zero-order valence-corrected chi connectivity index (χ0v) is 14.4. The quantitative estimate of drug-likeness (QED) is 0.882. The van der Waals surface area contributed by atoms with Gasteiger partial charge in [0.2, 0.25) is 5.91 Å². The van der Waals surface area contributed by atoms with Crippen LogP contribution in [0, 0.1) is 13.8 Å². The summed E-state index contributed by atoms with van der Waals surface area (Å²) in [7, 11) is 0. The van der Waals surface area contributed by atoms with Crippen LogP contribution >= 0.6 is 27.3 Å². The number of nitrogens with zero attached hydrogens (tertiary/aromatic N) is 3. The molecule has 1 fully saturated rings. The number of halogens is 1. The molecule has 2 aromatic rings. The van der Waals surface area contributed by atoms with Crippen LogP contribution in [0.3, 0.4) is 0 Å². The SMILES string of the molecule is Cc1nn(CC(=O)NCc2csc(C3CC3)n2)c(C)c1Br. The summed E-state index contributed by atoms with van der Waals surface area (Å²) in [6.45, 7) is 4.58. The summed E-state index contributed by atoms with van der Waals surface area (Å²) in [6, 6.07) is 0. The fourth-order valence-electron chi connectivity index (χ4n) is 2.13. The van der Waals surface area contributed by atoms with E-state index in [4.69, 9.17) is 0 Å². The summed E-state index contributed by atoms with van der Waals surface area (Å²) in [5, 5.41) is 10.5. The Morgan fingerprint density at radius 1 is 1.52 bits per heavy atom. The van der Waals surface area contributed by atoms with Gasteiger partial charge in [-0.2, -0.15) is 5.10 Å². The van der Waals surface area contributed by atoms with Gasteiger partial charge in [-0.15, -0.1) is 11.3 Å². The molecule has 112 valence electrons. The van der Waals surface area contributed by atoms with Gasteiger partial charge < -0.3 is 5.32 Å². The second-order valence-electron chi connectivity index (χ2n) is 5.37. The first-order valence-electron chi connectivity index (χ1n) is 6.95. The van der Waals surface area contributed by atoms with Crippen LogP contribution in [0.25, 0.3) is 0 Å². The number of carbonyl (C=O) groups excluding carboxylic acids is 1. The van der Waals surface area contributed by atoms with Crippen LogP contribution in [0.1, 0.15) is 40.8 Å². The average molecular weight is 369 g/mol. The van der Waals surface area contributed by atoms with Crippen LogP contribution < -0.4 is 5.32 Å². The number of hydrogen-bond donors (Lipinski definition) is 1. The lowest BCUT2D eigenvalue weighted by Crippen LogP contribution is -2.28. The molecule has 0 saturated heterocycles. The van der Waals surface area contributed by atoms with E-state index < -0.39 is 0 Å². The molecular weight excluding hydrogens is 352 g/mol. The lowest BCUT2D eigenvalue weighted by Gasteiger charge is -2.05. The number of aromatic nitrogens is 3. The minimum absolute atomic E-state index is 0.0472. The Labute approximate surface area is 135 Å². The van der Waals surface area contributed by atoms with Gasteiger partial charge in [0, 0.05) is 11.3 Å². The maximum Gasteiger partial charge on any atom is 0.242 e. The molecule has 7 heteroatoms. The highest BCUT2D eigenvalue weighted by Crippen LogP contribution is 2.41. The van der Waals surface area contributed by atoms with Gasteiger partial charge in [-0.3, -0.25) is 9.48 Å². The molecule has 3 rings (SSSR count). The molecule has 2 heterocycles. The predicted octanol–water partition coefficient (Wildman–Crippen LogP) is 2.91. The Hall–Kier alpha value is -1.21. The smallest absolute Gasteiger partial charge is 0.242 e. The summed E-state index contributed by atoms with van der Waals surface area (Å²) in [4.78, 5) is 16.6. The van der Waals surface area contributed by atoms with Crippen molar-refractivity contribution in [1.29, 1.82) is 0 Å². The Morgan fingerprint density at radius 3 is 2.90 bits per heavy atom. The first kappa shape index (κ1) is 14.7. The Bertz CT molecular complexity index is 675. The lowest BCUT2D eigenvalue weighted by atomic mass is 10.4. The van der Waals surface area contributed by atoms with Gasteiger partial charge in [0.25, 0.3) is 0 Å². The highest BCUT2D eigenvalue weighted by atomic mass is 79.9. The molecule has 0 unspecified atom stereocenters. The van der Waals surface area contributed by atoms with Gasteiger partial charge in [-0.1, -0.05) is 0 Å². The molecule has 1 N–H and O–H groups in total. The molecular formula is C14H17BrN4OS. The van der Waals surface area contributed by atoms with Crippen LogP contribution in [0.5, 0.6) is 0 Å². The molecule has 1 aliphatic rings. The Morgan fingerprint density at radius 2 is 2.29 bits per heavy atom. The summed E-state index contributed by atoms with van der Waals surface area (Å²) in [6.07, 6.45) is 2.51. The van der Waals surface area contributed by atoms with Crippen molar-refractivity contribution in [3.63, 3.8) is 0 Å². The molecule has 0 bridgehead atoms. The molecule has 0 atom stereocenters. The maximum atomic E-state index is 12.0. The second-order valence-corrected chi connectivity index (χ2v) is 7.05. The van der Waals surface area contributed by atoms with E-state index in [2.05, 4.69) is 31.3 Å². The van der Waals surface area contributed by atoms with Gasteiger partial charge in [0.05, 0.1) is 33.1 Å². The monoisotopic (exact) mass is 368 g/mol. The van der Waals surface area contributed by atoms with E-state index in [1.807, 2.05) is 19.2 Å². The van der Waals surface area contributed by atoms with Crippen molar-refractivity contribution in [2.45, 2.75) is 45.7 Å². The number of nitrogens with one attached hydrogen (secondary N) is 1. The predicted molar refractivity (Wildman–Crippen MR) is 85.3 cm³/mol. The summed E-state index contributed by atoms with van der Waals surface area (Å²) < 4.78 is 2.68. The van der Waals surface area contributed by atoms with Crippen molar-refractivity contribution < 1.29 is 4.79 Å². The number of rotatable bonds is 5. The molecule has 2 aromatic heterocycles. The van der Waals surface area contributed by atoms with E-state index >= 15 is 0 Å². The molecule has 1 saturated carbocycles. The molecule has 21 heavy (non-hydrogen) atoms. The van der Waals surface area contributed by atoms with Gasteiger partial charge >= 0.3 is 0 Å². The first-order chi connectivity index (χ1) is 10.0. The van der Waals surface area contributed by atoms with E-state index in [1.54, 1.807) is 16.0 Å². The summed E-state index contributed by atoms with van der Waals surface area (Å²) in [5.41, 5.74) is 2.81. The van der Waals surface area contributed by atoms with Gasteiger partial charge in [0.1, 0.15) is 6.54 Å². The van der Waals surface area contributed by atoms with Crippen LogP contribution in [-0.4, -0.2) is 20.7 Å². The summed E-state index contributed by atoms with van der Waals surface area (Å²) in [5.74, 6) is 0.626. The number of hydrogen-bond acceptors (Lipinski definition) is 4.